The summed E-state index contributed by atoms with van der Waals surface area (Å²) < 4.78 is 13.2. The van der Waals surface area contributed by atoms with Crippen LogP contribution in [-0.2, 0) is 11.3 Å². The minimum Gasteiger partial charge on any atom is -0.343 e. The quantitative estimate of drug-likeness (QED) is 0.192. The molecule has 0 saturated carbocycles. The fourth-order valence-electron chi connectivity index (χ4n) is 6.18. The summed E-state index contributed by atoms with van der Waals surface area (Å²) in [6.07, 6.45) is 7.09. The van der Waals surface area contributed by atoms with Crippen LogP contribution in [-0.4, -0.2) is 52.8 Å². The van der Waals surface area contributed by atoms with Crippen LogP contribution in [0.3, 0.4) is 0 Å². The Morgan fingerprint density at radius 2 is 1.61 bits per heavy atom. The lowest BCUT2D eigenvalue weighted by atomic mass is 9.91. The number of nitrogens with one attached hydrogen (secondary N) is 1. The largest absolute Gasteiger partial charge is 0.343 e. The molecule has 7 heteroatoms. The predicted octanol–water partition coefficient (Wildman–Crippen LogP) is 7.85. The van der Waals surface area contributed by atoms with Crippen molar-refractivity contribution in [2.45, 2.75) is 59.4 Å². The number of aryl methyl sites for hydroxylation is 1. The van der Waals surface area contributed by atoms with Crippen molar-refractivity contribution in [1.82, 2.24) is 14.8 Å². The molecule has 1 aromatic heterocycles. The van der Waals surface area contributed by atoms with Crippen molar-refractivity contribution in [3.8, 4) is 11.1 Å². The van der Waals surface area contributed by atoms with E-state index in [2.05, 4.69) is 22.3 Å². The van der Waals surface area contributed by atoms with Crippen molar-refractivity contribution in [2.24, 2.45) is 5.92 Å². The Morgan fingerprint density at radius 3 is 2.27 bits per heavy atom. The van der Waals surface area contributed by atoms with Gasteiger partial charge < -0.3 is 10.2 Å². The van der Waals surface area contributed by atoms with Crippen LogP contribution in [0.15, 0.2) is 72.9 Å². The second-order valence-corrected chi connectivity index (χ2v) is 11.9. The first kappa shape index (κ1) is 31.3. The summed E-state index contributed by atoms with van der Waals surface area (Å²) in [4.78, 5) is 34.5. The van der Waals surface area contributed by atoms with E-state index in [1.54, 1.807) is 24.3 Å². The van der Waals surface area contributed by atoms with Crippen LogP contribution in [0, 0.1) is 18.7 Å². The van der Waals surface area contributed by atoms with E-state index in [0.717, 1.165) is 78.8 Å². The highest BCUT2D eigenvalue weighted by molar-refractivity contribution is 6.05. The summed E-state index contributed by atoms with van der Waals surface area (Å²) in [5, 5.41) is 4.11. The van der Waals surface area contributed by atoms with Gasteiger partial charge in [0.05, 0.1) is 5.52 Å². The number of halogens is 1. The molecule has 3 aromatic carbocycles. The van der Waals surface area contributed by atoms with Gasteiger partial charge in [-0.3, -0.25) is 19.5 Å². The van der Waals surface area contributed by atoms with Crippen molar-refractivity contribution in [2.75, 3.05) is 31.5 Å². The van der Waals surface area contributed by atoms with Gasteiger partial charge in [-0.25, -0.2) is 4.39 Å². The maximum atomic E-state index is 13.2. The summed E-state index contributed by atoms with van der Waals surface area (Å²) in [7, 11) is 0. The van der Waals surface area contributed by atoms with E-state index >= 15 is 0 Å². The minimum atomic E-state index is -0.273. The van der Waals surface area contributed by atoms with Crippen LogP contribution in [0.2, 0.25) is 0 Å². The van der Waals surface area contributed by atoms with E-state index in [-0.39, 0.29) is 17.6 Å². The zero-order valence-corrected chi connectivity index (χ0v) is 26.1. The smallest absolute Gasteiger partial charge is 0.255 e. The average Bonchev–Trinajstić information content (AvgIpc) is 3.03. The molecule has 6 nitrogen and oxygen atoms in total. The molecule has 1 fully saturated rings. The second kappa shape index (κ2) is 14.6. The molecular weight excluding hydrogens is 551 g/mol. The van der Waals surface area contributed by atoms with Crippen LogP contribution < -0.4 is 5.32 Å². The monoisotopic (exact) mass is 594 g/mol. The minimum absolute atomic E-state index is 0.186. The average molecular weight is 595 g/mol. The van der Waals surface area contributed by atoms with E-state index in [1.165, 1.54) is 30.5 Å². The molecule has 2 amide bonds. The first-order valence-corrected chi connectivity index (χ1v) is 15.9. The summed E-state index contributed by atoms with van der Waals surface area (Å²) in [6, 6.07) is 19.9. The molecule has 2 heterocycles. The van der Waals surface area contributed by atoms with Crippen molar-refractivity contribution in [1.29, 1.82) is 0 Å². The third kappa shape index (κ3) is 7.88. The number of anilines is 1. The van der Waals surface area contributed by atoms with Gasteiger partial charge in [0.15, 0.2) is 0 Å². The maximum Gasteiger partial charge on any atom is 0.255 e. The van der Waals surface area contributed by atoms with Gasteiger partial charge in [0.25, 0.3) is 5.91 Å². The number of benzene rings is 3. The number of nitrogens with zero attached hydrogens (tertiary/aromatic N) is 3. The molecule has 5 rings (SSSR count). The van der Waals surface area contributed by atoms with E-state index in [9.17, 15) is 14.0 Å². The SMILES string of the molecule is CCN(CC)C(=O)CCCC1CCN(Cc2cnc3cc(NC(=O)c4ccc(-c5ccc(F)cc5)cc4)c(C)cc3c2)CC1. The molecule has 230 valence electrons. The van der Waals surface area contributed by atoms with Crippen LogP contribution in [0.4, 0.5) is 10.1 Å². The third-order valence-corrected chi connectivity index (χ3v) is 8.89. The Kier molecular flexibility index (Phi) is 10.4. The third-order valence-electron chi connectivity index (χ3n) is 8.89. The standard InChI is InChI=1S/C37H43FN4O2/c1-4-42(5-2)36(43)8-6-7-27-17-19-41(20-18-27)25-28-22-32-21-26(3)34(23-35(32)39-24-28)40-37(44)31-11-9-29(10-12-31)30-13-15-33(38)16-14-30/h9-16,21-24,27H,4-8,17-20,25H2,1-3H3,(H,40,44). The molecule has 4 aromatic rings. The molecule has 1 N–H and O–H groups in total. The zero-order valence-electron chi connectivity index (χ0n) is 26.1. The number of pyridine rings is 1. The van der Waals surface area contributed by atoms with E-state index < -0.39 is 0 Å². The van der Waals surface area contributed by atoms with Crippen LogP contribution in [0.25, 0.3) is 22.0 Å². The molecular formula is C37H43FN4O2. The first-order valence-electron chi connectivity index (χ1n) is 15.9. The van der Waals surface area contributed by atoms with Gasteiger partial charge in [0.2, 0.25) is 5.91 Å². The highest BCUT2D eigenvalue weighted by Crippen LogP contribution is 2.27. The number of likely N-dealkylation sites (tertiary alicyclic amines) is 1. The topological polar surface area (TPSA) is 65.5 Å². The Hall–Kier alpha value is -4.10. The predicted molar refractivity (Wildman–Crippen MR) is 176 cm³/mol. The lowest BCUT2D eigenvalue weighted by Crippen LogP contribution is -2.33. The van der Waals surface area contributed by atoms with E-state index in [4.69, 9.17) is 4.98 Å². The Morgan fingerprint density at radius 1 is 0.955 bits per heavy atom. The first-order chi connectivity index (χ1) is 21.3. The lowest BCUT2D eigenvalue weighted by Gasteiger charge is -2.32. The van der Waals surface area contributed by atoms with Gasteiger partial charge in [-0.05, 0) is 130 Å². The zero-order chi connectivity index (χ0) is 31.1. The number of carbonyl (C=O) groups excluding carboxylic acids is 2. The number of aromatic nitrogens is 1. The molecule has 0 radical (unpaired) electrons. The Labute approximate surface area is 260 Å². The van der Waals surface area contributed by atoms with Crippen molar-refractivity contribution in [3.63, 3.8) is 0 Å². The molecule has 0 unspecified atom stereocenters. The van der Waals surface area contributed by atoms with Gasteiger partial charge in [0, 0.05) is 48.9 Å². The molecule has 1 aliphatic rings. The van der Waals surface area contributed by atoms with Gasteiger partial charge in [-0.15, -0.1) is 0 Å². The maximum absolute atomic E-state index is 13.2. The van der Waals surface area contributed by atoms with Crippen molar-refractivity contribution in [3.05, 3.63) is 95.4 Å². The molecule has 0 spiro atoms. The summed E-state index contributed by atoms with van der Waals surface area (Å²) >= 11 is 0. The number of hydrogen-bond donors (Lipinski definition) is 1. The number of amides is 2. The lowest BCUT2D eigenvalue weighted by molar-refractivity contribution is -0.131. The van der Waals surface area contributed by atoms with E-state index in [1.807, 2.05) is 50.1 Å². The van der Waals surface area contributed by atoms with Crippen molar-refractivity contribution >= 4 is 28.4 Å². The van der Waals surface area contributed by atoms with Gasteiger partial charge >= 0.3 is 0 Å². The number of fused-ring (bicyclic) bond motifs is 1. The fraction of sp³-hybridized carbons (Fsp3) is 0.378. The fourth-order valence-corrected chi connectivity index (χ4v) is 6.18. The molecule has 1 aliphatic heterocycles. The number of piperidine rings is 1. The Bertz CT molecular complexity index is 1570. The number of carbonyl (C=O) groups is 2. The molecule has 44 heavy (non-hydrogen) atoms. The van der Waals surface area contributed by atoms with E-state index in [0.29, 0.717) is 17.9 Å². The highest BCUT2D eigenvalue weighted by atomic mass is 19.1. The number of hydrogen-bond acceptors (Lipinski definition) is 4. The van der Waals surface area contributed by atoms with Gasteiger partial charge in [-0.1, -0.05) is 24.3 Å². The highest BCUT2D eigenvalue weighted by Gasteiger charge is 2.20. The second-order valence-electron chi connectivity index (χ2n) is 11.9. The van der Waals surface area contributed by atoms with Gasteiger partial charge in [0.1, 0.15) is 5.82 Å². The summed E-state index contributed by atoms with van der Waals surface area (Å²) in [5.74, 6) is 0.531. The van der Waals surface area contributed by atoms with Crippen LogP contribution in [0.1, 0.15) is 67.4 Å². The summed E-state index contributed by atoms with van der Waals surface area (Å²) in [6.45, 7) is 10.7. The molecule has 0 bridgehead atoms. The van der Waals surface area contributed by atoms with Crippen LogP contribution >= 0.6 is 0 Å². The molecule has 1 saturated heterocycles. The van der Waals surface area contributed by atoms with Crippen LogP contribution in [0.5, 0.6) is 0 Å². The normalized spacial score (nSPS) is 14.1. The molecule has 0 aliphatic carbocycles. The van der Waals surface area contributed by atoms with Gasteiger partial charge in [-0.2, -0.15) is 0 Å². The summed E-state index contributed by atoms with van der Waals surface area (Å²) in [5.41, 5.74) is 6.13. The molecule has 0 atom stereocenters. The van der Waals surface area contributed by atoms with Crippen molar-refractivity contribution < 1.29 is 14.0 Å². The number of rotatable bonds is 11. The Balaban J connectivity index is 1.13.